The molecule has 1 aromatic heterocycles. The Morgan fingerprint density at radius 1 is 1.20 bits per heavy atom. The summed E-state index contributed by atoms with van der Waals surface area (Å²) in [5.74, 6) is -0.556. The van der Waals surface area contributed by atoms with Gasteiger partial charge in [-0.2, -0.15) is 0 Å². The molecule has 1 heterocycles. The van der Waals surface area contributed by atoms with Crippen molar-refractivity contribution in [1.82, 2.24) is 10.3 Å². The lowest BCUT2D eigenvalue weighted by Crippen LogP contribution is -2.25. The number of hydrogen-bond donors (Lipinski definition) is 2. The molecule has 0 spiro atoms. The first kappa shape index (κ1) is 17.1. The maximum absolute atomic E-state index is 13.7. The SMILES string of the molecule is O=C(NCCC1=CCCCC1)c1cc(Nc2ccccc2F)ccn1. The molecule has 1 aromatic carbocycles. The third-order valence-corrected chi connectivity index (χ3v) is 4.26. The number of pyridine rings is 1. The Morgan fingerprint density at radius 3 is 2.88 bits per heavy atom. The van der Waals surface area contributed by atoms with Crippen LogP contribution in [0.5, 0.6) is 0 Å². The minimum atomic E-state index is -0.342. The molecule has 0 fully saturated rings. The van der Waals surface area contributed by atoms with Crippen molar-refractivity contribution < 1.29 is 9.18 Å². The lowest BCUT2D eigenvalue weighted by molar-refractivity contribution is 0.0949. The summed E-state index contributed by atoms with van der Waals surface area (Å²) in [5.41, 5.74) is 2.73. The van der Waals surface area contributed by atoms with Crippen molar-refractivity contribution in [1.29, 1.82) is 0 Å². The Bertz CT molecular complexity index is 773. The Labute approximate surface area is 147 Å². The fraction of sp³-hybridized carbons (Fsp3) is 0.300. The van der Waals surface area contributed by atoms with Gasteiger partial charge in [-0.05, 0) is 56.4 Å². The lowest BCUT2D eigenvalue weighted by atomic mass is 9.97. The van der Waals surface area contributed by atoms with Crippen LogP contribution in [-0.2, 0) is 0 Å². The van der Waals surface area contributed by atoms with Gasteiger partial charge in [-0.3, -0.25) is 9.78 Å². The van der Waals surface area contributed by atoms with Gasteiger partial charge in [-0.15, -0.1) is 0 Å². The summed E-state index contributed by atoms with van der Waals surface area (Å²) in [7, 11) is 0. The van der Waals surface area contributed by atoms with Gasteiger partial charge in [0, 0.05) is 18.4 Å². The average molecular weight is 339 g/mol. The summed E-state index contributed by atoms with van der Waals surface area (Å²) in [6, 6.07) is 9.75. The zero-order chi connectivity index (χ0) is 17.5. The molecule has 1 amide bonds. The van der Waals surface area contributed by atoms with Gasteiger partial charge < -0.3 is 10.6 Å². The number of carbonyl (C=O) groups excluding carboxylic acids is 1. The topological polar surface area (TPSA) is 54.0 Å². The van der Waals surface area contributed by atoms with E-state index < -0.39 is 0 Å². The summed E-state index contributed by atoms with van der Waals surface area (Å²) in [6.45, 7) is 0.608. The van der Waals surface area contributed by atoms with E-state index >= 15 is 0 Å². The molecule has 1 aliphatic rings. The molecule has 0 bridgehead atoms. The van der Waals surface area contributed by atoms with Crippen molar-refractivity contribution in [2.24, 2.45) is 0 Å². The molecular weight excluding hydrogens is 317 g/mol. The smallest absolute Gasteiger partial charge is 0.269 e. The van der Waals surface area contributed by atoms with E-state index in [1.165, 1.54) is 24.5 Å². The van der Waals surface area contributed by atoms with E-state index in [1.54, 1.807) is 36.5 Å². The van der Waals surface area contributed by atoms with Crippen molar-refractivity contribution in [2.75, 3.05) is 11.9 Å². The number of anilines is 2. The molecule has 0 atom stereocenters. The second-order valence-corrected chi connectivity index (χ2v) is 6.15. The van der Waals surface area contributed by atoms with Gasteiger partial charge in [0.25, 0.3) is 5.91 Å². The van der Waals surface area contributed by atoms with Gasteiger partial charge in [0.05, 0.1) is 5.69 Å². The van der Waals surface area contributed by atoms with Gasteiger partial charge in [0.1, 0.15) is 11.5 Å². The summed E-state index contributed by atoms with van der Waals surface area (Å²) in [6.07, 6.45) is 9.50. The summed E-state index contributed by atoms with van der Waals surface area (Å²) < 4.78 is 13.7. The van der Waals surface area contributed by atoms with Gasteiger partial charge in [-0.1, -0.05) is 23.8 Å². The molecule has 130 valence electrons. The zero-order valence-corrected chi connectivity index (χ0v) is 14.1. The molecule has 3 rings (SSSR count). The molecule has 0 radical (unpaired) electrons. The Balaban J connectivity index is 1.57. The van der Waals surface area contributed by atoms with Crippen LogP contribution in [0, 0.1) is 5.82 Å². The first-order valence-electron chi connectivity index (χ1n) is 8.66. The van der Waals surface area contributed by atoms with Gasteiger partial charge in [0.15, 0.2) is 0 Å². The standard InChI is InChI=1S/C20H22FN3O/c21-17-8-4-5-9-18(17)24-16-11-13-22-19(14-16)20(25)23-12-10-15-6-2-1-3-7-15/h4-6,8-9,11,13-14H,1-3,7,10,12H2,(H,22,24)(H,23,25). The number of amides is 1. The fourth-order valence-electron chi connectivity index (χ4n) is 2.91. The summed E-state index contributed by atoms with van der Waals surface area (Å²) in [5, 5.41) is 5.88. The number of allylic oxidation sites excluding steroid dienone is 1. The van der Waals surface area contributed by atoms with Crippen molar-refractivity contribution in [2.45, 2.75) is 32.1 Å². The second kappa shape index (κ2) is 8.42. The quantitative estimate of drug-likeness (QED) is 0.757. The number of aromatic nitrogens is 1. The Hall–Kier alpha value is -2.69. The van der Waals surface area contributed by atoms with Crippen molar-refractivity contribution in [3.05, 3.63) is 65.8 Å². The normalized spacial score (nSPS) is 13.9. The van der Waals surface area contributed by atoms with Crippen molar-refractivity contribution >= 4 is 17.3 Å². The molecule has 0 saturated carbocycles. The summed E-state index contributed by atoms with van der Waals surface area (Å²) in [4.78, 5) is 16.4. The predicted octanol–water partition coefficient (Wildman–Crippen LogP) is 4.58. The van der Waals surface area contributed by atoms with Crippen LogP contribution in [0.1, 0.15) is 42.6 Å². The third-order valence-electron chi connectivity index (χ3n) is 4.26. The molecule has 4 nitrogen and oxygen atoms in total. The van der Waals surface area contributed by atoms with E-state index in [2.05, 4.69) is 21.7 Å². The molecule has 5 heteroatoms. The van der Waals surface area contributed by atoms with E-state index in [-0.39, 0.29) is 11.7 Å². The fourth-order valence-corrected chi connectivity index (χ4v) is 2.91. The molecule has 25 heavy (non-hydrogen) atoms. The summed E-state index contributed by atoms with van der Waals surface area (Å²) >= 11 is 0. The van der Waals surface area contributed by atoms with E-state index in [4.69, 9.17) is 0 Å². The number of nitrogens with one attached hydrogen (secondary N) is 2. The highest BCUT2D eigenvalue weighted by Crippen LogP contribution is 2.20. The molecule has 0 aliphatic heterocycles. The maximum atomic E-state index is 13.7. The largest absolute Gasteiger partial charge is 0.353 e. The lowest BCUT2D eigenvalue weighted by Gasteiger charge is -2.13. The molecule has 0 saturated heterocycles. The first-order chi connectivity index (χ1) is 12.2. The van der Waals surface area contributed by atoms with Crippen LogP contribution in [0.15, 0.2) is 54.2 Å². The number of rotatable bonds is 6. The monoisotopic (exact) mass is 339 g/mol. The number of halogens is 1. The molecule has 1 aliphatic carbocycles. The average Bonchev–Trinajstić information content (AvgIpc) is 2.65. The number of para-hydroxylation sites is 1. The molecular formula is C20H22FN3O. The third kappa shape index (κ3) is 4.89. The number of carbonyl (C=O) groups is 1. The van der Waals surface area contributed by atoms with Crippen LogP contribution in [0.3, 0.4) is 0 Å². The number of benzene rings is 1. The van der Waals surface area contributed by atoms with Crippen molar-refractivity contribution in [3.8, 4) is 0 Å². The predicted molar refractivity (Wildman–Crippen MR) is 97.4 cm³/mol. The van der Waals surface area contributed by atoms with Crippen molar-refractivity contribution in [3.63, 3.8) is 0 Å². The van der Waals surface area contributed by atoms with E-state index in [9.17, 15) is 9.18 Å². The highest BCUT2D eigenvalue weighted by Gasteiger charge is 2.10. The van der Waals surface area contributed by atoms with E-state index in [0.717, 1.165) is 19.3 Å². The first-order valence-corrected chi connectivity index (χ1v) is 8.66. The molecule has 2 aromatic rings. The second-order valence-electron chi connectivity index (χ2n) is 6.15. The zero-order valence-electron chi connectivity index (χ0n) is 14.1. The Morgan fingerprint density at radius 2 is 2.08 bits per heavy atom. The molecule has 2 N–H and O–H groups in total. The van der Waals surface area contributed by atoms with Gasteiger partial charge in [-0.25, -0.2) is 4.39 Å². The highest BCUT2D eigenvalue weighted by atomic mass is 19.1. The Kier molecular flexibility index (Phi) is 5.77. The van der Waals surface area contributed by atoms with Gasteiger partial charge in [0.2, 0.25) is 0 Å². The van der Waals surface area contributed by atoms with E-state index in [0.29, 0.717) is 23.6 Å². The van der Waals surface area contributed by atoms with Gasteiger partial charge >= 0.3 is 0 Å². The van der Waals surface area contributed by atoms with Crippen LogP contribution >= 0.6 is 0 Å². The minimum Gasteiger partial charge on any atom is -0.353 e. The maximum Gasteiger partial charge on any atom is 0.269 e. The van der Waals surface area contributed by atoms with E-state index in [1.807, 2.05) is 0 Å². The highest BCUT2D eigenvalue weighted by molar-refractivity contribution is 5.93. The van der Waals surface area contributed by atoms with Crippen LogP contribution in [-0.4, -0.2) is 17.4 Å². The number of nitrogens with zero attached hydrogens (tertiary/aromatic N) is 1. The van der Waals surface area contributed by atoms with Crippen LogP contribution < -0.4 is 10.6 Å². The van der Waals surface area contributed by atoms with Crippen LogP contribution in [0.2, 0.25) is 0 Å². The number of hydrogen-bond acceptors (Lipinski definition) is 3. The van der Waals surface area contributed by atoms with Crippen LogP contribution in [0.4, 0.5) is 15.8 Å². The minimum absolute atomic E-state index is 0.214. The molecule has 0 unspecified atom stereocenters. The van der Waals surface area contributed by atoms with Crippen LogP contribution in [0.25, 0.3) is 0 Å².